The quantitative estimate of drug-likeness (QED) is 0.513. The lowest BCUT2D eigenvalue weighted by Gasteiger charge is -2.25. The van der Waals surface area contributed by atoms with Crippen molar-refractivity contribution in [2.75, 3.05) is 39.2 Å². The lowest BCUT2D eigenvalue weighted by Crippen LogP contribution is -2.33. The van der Waals surface area contributed by atoms with E-state index in [0.29, 0.717) is 30.0 Å². The highest BCUT2D eigenvalue weighted by molar-refractivity contribution is 5.96. The first-order chi connectivity index (χ1) is 15.9. The van der Waals surface area contributed by atoms with Gasteiger partial charge in [-0.3, -0.25) is 14.7 Å². The highest BCUT2D eigenvalue weighted by Crippen LogP contribution is 2.33. The molecule has 0 radical (unpaired) electrons. The molecule has 8 nitrogen and oxygen atoms in total. The fourth-order valence-corrected chi connectivity index (χ4v) is 3.69. The van der Waals surface area contributed by atoms with E-state index in [-0.39, 0.29) is 24.2 Å². The molecule has 172 valence electrons. The Balaban J connectivity index is 1.51. The molecule has 0 saturated carbocycles. The van der Waals surface area contributed by atoms with Gasteiger partial charge in [0.05, 0.1) is 17.8 Å². The first kappa shape index (κ1) is 22.5. The zero-order chi connectivity index (χ0) is 23.4. The van der Waals surface area contributed by atoms with E-state index in [9.17, 15) is 9.59 Å². The largest absolute Gasteiger partial charge is 0.492 e. The zero-order valence-electron chi connectivity index (χ0n) is 19.1. The summed E-state index contributed by atoms with van der Waals surface area (Å²) in [5.74, 6) is 0.785. The summed E-state index contributed by atoms with van der Waals surface area (Å²) in [6.07, 6.45) is 4.05. The maximum atomic E-state index is 13.1. The van der Waals surface area contributed by atoms with Gasteiger partial charge in [0.25, 0.3) is 0 Å². The van der Waals surface area contributed by atoms with Crippen molar-refractivity contribution in [3.05, 3.63) is 59.9 Å². The minimum absolute atomic E-state index is 0.0124. The summed E-state index contributed by atoms with van der Waals surface area (Å²) in [6, 6.07) is 11.0. The molecule has 1 atom stereocenters. The fourth-order valence-electron chi connectivity index (χ4n) is 3.69. The van der Waals surface area contributed by atoms with E-state index in [1.165, 1.54) is 6.92 Å². The number of carbonyl (C=O) groups is 2. The fraction of sp³-hybridized carbons (Fsp3) is 0.320. The number of likely N-dealkylation sites (N-methyl/N-ethyl adjacent to an activating group) is 1. The minimum atomic E-state index is -0.372. The third-order valence-electron chi connectivity index (χ3n) is 5.61. The number of nitrogens with zero attached hydrogens (tertiary/aromatic N) is 2. The molecule has 0 fully saturated rings. The van der Waals surface area contributed by atoms with Crippen LogP contribution >= 0.6 is 0 Å². The number of anilines is 1. The Morgan fingerprint density at radius 1 is 1.21 bits per heavy atom. The molecule has 0 bridgehead atoms. The number of ketones is 1. The van der Waals surface area contributed by atoms with E-state index in [1.807, 2.05) is 49.5 Å². The standard InChI is InChI=1S/C25H28N4O4/c1-16(30)17-5-7-23-19(10-17)11-20(15-33-23)25(31)28-22-6-4-18(21-13-26-27-14-21)12-24(22)32-9-8-29(2)3/h4-7,10,12-14,20H,8-9,11,15H2,1-3H3,(H,26,27)(H,28,31). The van der Waals surface area contributed by atoms with E-state index in [4.69, 9.17) is 9.47 Å². The summed E-state index contributed by atoms with van der Waals surface area (Å²) in [6.45, 7) is 3.04. The van der Waals surface area contributed by atoms with E-state index >= 15 is 0 Å². The van der Waals surface area contributed by atoms with E-state index in [0.717, 1.165) is 29.0 Å². The highest BCUT2D eigenvalue weighted by Gasteiger charge is 2.27. The molecule has 1 amide bonds. The second kappa shape index (κ2) is 9.87. The number of ether oxygens (including phenoxy) is 2. The second-order valence-corrected chi connectivity index (χ2v) is 8.43. The van der Waals surface area contributed by atoms with Crippen LogP contribution in [-0.4, -0.2) is 60.6 Å². The number of aromatic amines is 1. The normalized spacial score (nSPS) is 15.0. The summed E-state index contributed by atoms with van der Waals surface area (Å²) in [5, 5.41) is 9.83. The van der Waals surface area contributed by atoms with Crippen molar-refractivity contribution in [2.45, 2.75) is 13.3 Å². The topological polar surface area (TPSA) is 96.5 Å². The number of benzene rings is 2. The Morgan fingerprint density at radius 2 is 2.06 bits per heavy atom. The highest BCUT2D eigenvalue weighted by atomic mass is 16.5. The van der Waals surface area contributed by atoms with Crippen LogP contribution in [0.2, 0.25) is 0 Å². The number of hydrogen-bond acceptors (Lipinski definition) is 6. The van der Waals surface area contributed by atoms with Gasteiger partial charge < -0.3 is 19.7 Å². The third kappa shape index (κ3) is 5.40. The molecule has 0 saturated heterocycles. The number of fused-ring (bicyclic) bond motifs is 1. The van der Waals surface area contributed by atoms with Crippen LogP contribution in [0.15, 0.2) is 48.8 Å². The first-order valence-corrected chi connectivity index (χ1v) is 10.9. The molecule has 1 aliphatic rings. The van der Waals surface area contributed by atoms with Crippen molar-refractivity contribution in [2.24, 2.45) is 5.92 Å². The predicted molar refractivity (Wildman–Crippen MR) is 126 cm³/mol. The summed E-state index contributed by atoms with van der Waals surface area (Å²) in [4.78, 5) is 26.9. The van der Waals surface area contributed by atoms with Crippen molar-refractivity contribution in [3.63, 3.8) is 0 Å². The van der Waals surface area contributed by atoms with Gasteiger partial charge in [-0.15, -0.1) is 0 Å². The molecule has 2 N–H and O–H groups in total. The molecular formula is C25H28N4O4. The van der Waals surface area contributed by atoms with Crippen molar-refractivity contribution in [1.29, 1.82) is 0 Å². The number of amides is 1. The van der Waals surface area contributed by atoms with Crippen LogP contribution in [0.25, 0.3) is 11.1 Å². The van der Waals surface area contributed by atoms with Gasteiger partial charge in [0.15, 0.2) is 5.78 Å². The molecule has 1 unspecified atom stereocenters. The SMILES string of the molecule is CC(=O)c1ccc2c(c1)CC(C(=O)Nc1ccc(-c3cn[nH]c3)cc1OCCN(C)C)CO2. The Bertz CT molecular complexity index is 1140. The molecule has 1 aliphatic heterocycles. The molecule has 8 heteroatoms. The molecule has 2 heterocycles. The predicted octanol–water partition coefficient (Wildman–Crippen LogP) is 3.41. The Morgan fingerprint density at radius 3 is 2.79 bits per heavy atom. The van der Waals surface area contributed by atoms with Crippen molar-refractivity contribution < 1.29 is 19.1 Å². The van der Waals surface area contributed by atoms with Gasteiger partial charge in [-0.2, -0.15) is 5.10 Å². The summed E-state index contributed by atoms with van der Waals surface area (Å²) in [5.41, 5.74) is 3.96. The van der Waals surface area contributed by atoms with Gasteiger partial charge >= 0.3 is 0 Å². The molecule has 2 aromatic carbocycles. The van der Waals surface area contributed by atoms with Crippen LogP contribution in [0.1, 0.15) is 22.8 Å². The third-order valence-corrected chi connectivity index (χ3v) is 5.61. The number of rotatable bonds is 8. The van der Waals surface area contributed by atoms with Crippen molar-refractivity contribution in [1.82, 2.24) is 15.1 Å². The van der Waals surface area contributed by atoms with E-state index < -0.39 is 0 Å². The van der Waals surface area contributed by atoms with Crippen LogP contribution in [0, 0.1) is 5.92 Å². The molecule has 4 rings (SSSR count). The van der Waals surface area contributed by atoms with Crippen LogP contribution in [0.4, 0.5) is 5.69 Å². The second-order valence-electron chi connectivity index (χ2n) is 8.43. The maximum Gasteiger partial charge on any atom is 0.231 e. The molecule has 33 heavy (non-hydrogen) atoms. The van der Waals surface area contributed by atoms with Gasteiger partial charge in [0.2, 0.25) is 5.91 Å². The lowest BCUT2D eigenvalue weighted by atomic mass is 9.94. The Hall–Kier alpha value is -3.65. The number of nitrogens with one attached hydrogen (secondary N) is 2. The number of Topliss-reactive ketones (excluding diaryl/α,β-unsaturated/α-hetero) is 1. The maximum absolute atomic E-state index is 13.1. The van der Waals surface area contributed by atoms with Gasteiger partial charge in [0.1, 0.15) is 24.7 Å². The number of hydrogen-bond donors (Lipinski definition) is 2. The molecule has 3 aromatic rings. The van der Waals surface area contributed by atoms with Crippen LogP contribution in [0.5, 0.6) is 11.5 Å². The zero-order valence-corrected chi connectivity index (χ0v) is 19.1. The summed E-state index contributed by atoms with van der Waals surface area (Å²) >= 11 is 0. The summed E-state index contributed by atoms with van der Waals surface area (Å²) in [7, 11) is 3.96. The first-order valence-electron chi connectivity index (χ1n) is 10.9. The van der Waals surface area contributed by atoms with Gasteiger partial charge in [-0.25, -0.2) is 0 Å². The molecule has 1 aromatic heterocycles. The van der Waals surface area contributed by atoms with Gasteiger partial charge in [0, 0.05) is 23.9 Å². The van der Waals surface area contributed by atoms with E-state index in [2.05, 4.69) is 15.5 Å². The van der Waals surface area contributed by atoms with Crippen molar-refractivity contribution in [3.8, 4) is 22.6 Å². The number of aromatic nitrogens is 2. The molecule has 0 spiro atoms. The minimum Gasteiger partial charge on any atom is -0.492 e. The molecule has 0 aliphatic carbocycles. The van der Waals surface area contributed by atoms with E-state index in [1.54, 1.807) is 18.3 Å². The van der Waals surface area contributed by atoms with Crippen molar-refractivity contribution >= 4 is 17.4 Å². The van der Waals surface area contributed by atoms with Crippen LogP contribution < -0.4 is 14.8 Å². The van der Waals surface area contributed by atoms with Gasteiger partial charge in [-0.1, -0.05) is 6.07 Å². The summed E-state index contributed by atoms with van der Waals surface area (Å²) < 4.78 is 11.8. The van der Waals surface area contributed by atoms with Gasteiger partial charge in [-0.05, 0) is 68.9 Å². The number of carbonyl (C=O) groups excluding carboxylic acids is 2. The van der Waals surface area contributed by atoms with Crippen LogP contribution in [-0.2, 0) is 11.2 Å². The average Bonchev–Trinajstić information content (AvgIpc) is 3.34. The van der Waals surface area contributed by atoms with Crippen LogP contribution in [0.3, 0.4) is 0 Å². The average molecular weight is 449 g/mol. The monoisotopic (exact) mass is 448 g/mol. The number of H-pyrrole nitrogens is 1. The Kier molecular flexibility index (Phi) is 6.74. The smallest absolute Gasteiger partial charge is 0.231 e. The lowest BCUT2D eigenvalue weighted by molar-refractivity contribution is -0.121. The molecular weight excluding hydrogens is 420 g/mol. The Labute approximate surface area is 192 Å².